The first-order valence-electron chi connectivity index (χ1n) is 8.67. The van der Waals surface area contributed by atoms with Crippen molar-refractivity contribution in [2.45, 2.75) is 33.2 Å². The second-order valence-electron chi connectivity index (χ2n) is 6.53. The largest absolute Gasteiger partial charge is 0.329 e. The molecule has 0 bridgehead atoms. The van der Waals surface area contributed by atoms with E-state index in [4.69, 9.17) is 11.6 Å². The molecule has 0 spiro atoms. The van der Waals surface area contributed by atoms with Crippen LogP contribution in [0.15, 0.2) is 33.9 Å². The molecule has 28 heavy (non-hydrogen) atoms. The minimum atomic E-state index is -0.699. The number of hydrogen-bond acceptors (Lipinski definition) is 4. The molecule has 0 fully saturated rings. The molecule has 0 saturated carbocycles. The van der Waals surface area contributed by atoms with Gasteiger partial charge in [0, 0.05) is 17.9 Å². The lowest BCUT2D eigenvalue weighted by Gasteiger charge is -2.14. The number of nitrogens with zero attached hydrogens (tertiary/aromatic N) is 2. The van der Waals surface area contributed by atoms with E-state index in [1.165, 1.54) is 22.8 Å². The monoisotopic (exact) mass is 404 g/mol. The third-order valence-corrected chi connectivity index (χ3v) is 4.59. The Labute approximate surface area is 164 Å². The van der Waals surface area contributed by atoms with Gasteiger partial charge >= 0.3 is 5.69 Å². The van der Waals surface area contributed by atoms with Crippen molar-refractivity contribution in [1.82, 2.24) is 14.5 Å². The minimum Gasteiger partial charge on any atom is -0.322 e. The van der Waals surface area contributed by atoms with Crippen molar-refractivity contribution < 1.29 is 9.18 Å². The van der Waals surface area contributed by atoms with Gasteiger partial charge in [0.15, 0.2) is 5.65 Å². The topological polar surface area (TPSA) is 96.9 Å². The molecule has 2 N–H and O–H groups in total. The summed E-state index contributed by atoms with van der Waals surface area (Å²) >= 11 is 5.76. The zero-order valence-electron chi connectivity index (χ0n) is 15.5. The molecule has 0 aliphatic rings. The Morgan fingerprint density at radius 2 is 2.04 bits per heavy atom. The molecule has 3 rings (SSSR count). The van der Waals surface area contributed by atoms with Gasteiger partial charge in [-0.05, 0) is 37.1 Å². The van der Waals surface area contributed by atoms with Crippen LogP contribution in [0.4, 0.5) is 10.1 Å². The lowest BCUT2D eigenvalue weighted by atomic mass is 10.0. The van der Waals surface area contributed by atoms with Crippen molar-refractivity contribution in [3.05, 3.63) is 67.2 Å². The molecule has 1 amide bonds. The van der Waals surface area contributed by atoms with Gasteiger partial charge in [0.1, 0.15) is 5.82 Å². The Morgan fingerprint density at radius 1 is 1.32 bits per heavy atom. The zero-order valence-corrected chi connectivity index (χ0v) is 16.2. The molecule has 7 nitrogen and oxygen atoms in total. The standard InChI is InChI=1S/C19H18ClFN4O3/c1-4-25-16-15(18(27)24-19(25)28)11(8-14(23-16)9(2)3)17(26)22-10-5-6-13(21)12(20)7-10/h5-9H,4H2,1-3H3,(H,22,26)(H,24,27,28). The summed E-state index contributed by atoms with van der Waals surface area (Å²) in [7, 11) is 0. The van der Waals surface area contributed by atoms with Crippen LogP contribution in [0.2, 0.25) is 5.02 Å². The molecule has 1 aromatic carbocycles. The number of carbonyl (C=O) groups is 1. The number of pyridine rings is 1. The Balaban J connectivity index is 2.23. The number of benzene rings is 1. The highest BCUT2D eigenvalue weighted by Crippen LogP contribution is 2.23. The molecule has 0 unspecified atom stereocenters. The summed E-state index contributed by atoms with van der Waals surface area (Å²) in [6.07, 6.45) is 0. The van der Waals surface area contributed by atoms with Crippen LogP contribution in [0.25, 0.3) is 11.0 Å². The second kappa shape index (κ2) is 7.55. The minimum absolute atomic E-state index is 0.0107. The number of rotatable bonds is 4. The average molecular weight is 405 g/mol. The Hall–Kier alpha value is -3.00. The number of amides is 1. The van der Waals surface area contributed by atoms with Crippen molar-refractivity contribution in [2.24, 2.45) is 0 Å². The number of aromatic amines is 1. The SMILES string of the molecule is CCn1c(=O)[nH]c(=O)c2c(C(=O)Nc3ccc(F)c(Cl)c3)cc(C(C)C)nc21. The number of H-pyrrole nitrogens is 1. The van der Waals surface area contributed by atoms with E-state index < -0.39 is 23.0 Å². The third kappa shape index (κ3) is 3.55. The summed E-state index contributed by atoms with van der Waals surface area (Å²) in [5.74, 6) is -1.25. The highest BCUT2D eigenvalue weighted by Gasteiger charge is 2.20. The Kier molecular flexibility index (Phi) is 5.33. The lowest BCUT2D eigenvalue weighted by Crippen LogP contribution is -2.32. The van der Waals surface area contributed by atoms with Crippen LogP contribution in [0.3, 0.4) is 0 Å². The number of aryl methyl sites for hydroxylation is 1. The van der Waals surface area contributed by atoms with Crippen LogP contribution < -0.4 is 16.6 Å². The predicted octanol–water partition coefficient (Wildman–Crippen LogP) is 3.27. The van der Waals surface area contributed by atoms with Crippen LogP contribution in [-0.4, -0.2) is 20.4 Å². The summed E-state index contributed by atoms with van der Waals surface area (Å²) in [6.45, 7) is 5.78. The van der Waals surface area contributed by atoms with Crippen LogP contribution in [0, 0.1) is 5.82 Å². The first-order chi connectivity index (χ1) is 13.2. The summed E-state index contributed by atoms with van der Waals surface area (Å²) in [4.78, 5) is 44.2. The molecule has 0 aliphatic carbocycles. The Bertz CT molecular complexity index is 1200. The molecule has 3 aromatic rings. The zero-order chi connectivity index (χ0) is 20.6. The van der Waals surface area contributed by atoms with Gasteiger partial charge < -0.3 is 5.32 Å². The van der Waals surface area contributed by atoms with Crippen LogP contribution in [0.5, 0.6) is 0 Å². The van der Waals surface area contributed by atoms with Crippen molar-refractivity contribution >= 4 is 34.2 Å². The summed E-state index contributed by atoms with van der Waals surface area (Å²) in [5, 5.41) is 2.48. The second-order valence-corrected chi connectivity index (χ2v) is 6.94. The number of fused-ring (bicyclic) bond motifs is 1. The van der Waals surface area contributed by atoms with E-state index in [1.54, 1.807) is 6.92 Å². The molecule has 0 radical (unpaired) electrons. The fraction of sp³-hybridized carbons (Fsp3) is 0.263. The van der Waals surface area contributed by atoms with E-state index in [0.29, 0.717) is 5.69 Å². The van der Waals surface area contributed by atoms with E-state index in [0.717, 1.165) is 6.07 Å². The number of hydrogen-bond donors (Lipinski definition) is 2. The van der Waals surface area contributed by atoms with E-state index in [-0.39, 0.29) is 39.8 Å². The molecule has 0 saturated heterocycles. The van der Waals surface area contributed by atoms with Crippen LogP contribution in [-0.2, 0) is 6.54 Å². The molecule has 146 valence electrons. The molecule has 9 heteroatoms. The molecular formula is C19H18ClFN4O3. The molecule has 0 aliphatic heterocycles. The smallest absolute Gasteiger partial charge is 0.322 e. The van der Waals surface area contributed by atoms with Crippen molar-refractivity contribution in [2.75, 3.05) is 5.32 Å². The molecular weight excluding hydrogens is 387 g/mol. The summed E-state index contributed by atoms with van der Waals surface area (Å²) in [6, 6.07) is 5.28. The summed E-state index contributed by atoms with van der Waals surface area (Å²) < 4.78 is 14.7. The van der Waals surface area contributed by atoms with Crippen molar-refractivity contribution in [3.63, 3.8) is 0 Å². The first kappa shape index (κ1) is 19.8. The highest BCUT2D eigenvalue weighted by atomic mass is 35.5. The normalized spacial score (nSPS) is 11.2. The van der Waals surface area contributed by atoms with Gasteiger partial charge in [0.05, 0.1) is 16.0 Å². The van der Waals surface area contributed by atoms with Gasteiger partial charge in [0.2, 0.25) is 0 Å². The molecule has 2 heterocycles. The third-order valence-electron chi connectivity index (χ3n) is 4.30. The maximum atomic E-state index is 13.4. The quantitative estimate of drug-likeness (QED) is 0.697. The van der Waals surface area contributed by atoms with Crippen molar-refractivity contribution in [3.8, 4) is 0 Å². The molecule has 2 aromatic heterocycles. The van der Waals surface area contributed by atoms with Gasteiger partial charge in [-0.3, -0.25) is 19.1 Å². The van der Waals surface area contributed by atoms with Gasteiger partial charge in [-0.2, -0.15) is 0 Å². The van der Waals surface area contributed by atoms with Gasteiger partial charge in [-0.15, -0.1) is 0 Å². The number of halogens is 2. The van der Waals surface area contributed by atoms with E-state index in [2.05, 4.69) is 15.3 Å². The van der Waals surface area contributed by atoms with E-state index in [1.807, 2.05) is 13.8 Å². The predicted molar refractivity (Wildman–Crippen MR) is 106 cm³/mol. The van der Waals surface area contributed by atoms with Crippen LogP contribution >= 0.6 is 11.6 Å². The van der Waals surface area contributed by atoms with Gasteiger partial charge in [-0.1, -0.05) is 25.4 Å². The van der Waals surface area contributed by atoms with Gasteiger partial charge in [0.25, 0.3) is 11.5 Å². The highest BCUT2D eigenvalue weighted by molar-refractivity contribution is 6.31. The Morgan fingerprint density at radius 3 is 2.64 bits per heavy atom. The number of nitrogens with one attached hydrogen (secondary N) is 2. The molecule has 0 atom stereocenters. The van der Waals surface area contributed by atoms with Crippen LogP contribution in [0.1, 0.15) is 42.7 Å². The maximum absolute atomic E-state index is 13.4. The number of aromatic nitrogens is 3. The number of anilines is 1. The van der Waals surface area contributed by atoms with E-state index >= 15 is 0 Å². The van der Waals surface area contributed by atoms with E-state index in [9.17, 15) is 18.8 Å². The lowest BCUT2D eigenvalue weighted by molar-refractivity contribution is 0.102. The van der Waals surface area contributed by atoms with Gasteiger partial charge in [-0.25, -0.2) is 14.2 Å². The summed E-state index contributed by atoms with van der Waals surface area (Å²) in [5.41, 5.74) is -0.253. The fourth-order valence-electron chi connectivity index (χ4n) is 2.83. The first-order valence-corrected chi connectivity index (χ1v) is 9.04. The number of carbonyl (C=O) groups excluding carboxylic acids is 1. The maximum Gasteiger partial charge on any atom is 0.329 e. The average Bonchev–Trinajstić information content (AvgIpc) is 2.63. The van der Waals surface area contributed by atoms with Crippen molar-refractivity contribution in [1.29, 1.82) is 0 Å². The fourth-order valence-corrected chi connectivity index (χ4v) is 3.01.